The first-order valence-corrected chi connectivity index (χ1v) is 8.22. The highest BCUT2D eigenvalue weighted by Crippen LogP contribution is 2.29. The van der Waals surface area contributed by atoms with Crippen LogP contribution in [0.15, 0.2) is 85.2 Å². The molecule has 0 aliphatic rings. The highest BCUT2D eigenvalue weighted by molar-refractivity contribution is 5.70. The van der Waals surface area contributed by atoms with E-state index in [1.54, 1.807) is 0 Å². The lowest BCUT2D eigenvalue weighted by Gasteiger charge is -2.11. The van der Waals surface area contributed by atoms with Crippen LogP contribution in [-0.2, 0) is 11.3 Å². The van der Waals surface area contributed by atoms with Gasteiger partial charge in [-0.2, -0.15) is 0 Å². The average molecular weight is 320 g/mol. The van der Waals surface area contributed by atoms with Crippen LogP contribution in [0.3, 0.4) is 0 Å². The summed E-state index contributed by atoms with van der Waals surface area (Å²) in [6.45, 7) is 2.65. The normalized spacial score (nSPS) is 10.5. The lowest BCUT2D eigenvalue weighted by Crippen LogP contribution is -2.35. The van der Waals surface area contributed by atoms with Crippen LogP contribution in [0, 0.1) is 0 Å². The van der Waals surface area contributed by atoms with Gasteiger partial charge in [-0.15, -0.1) is 0 Å². The second-order valence-corrected chi connectivity index (χ2v) is 5.44. The van der Waals surface area contributed by atoms with Crippen molar-refractivity contribution < 1.29 is 14.0 Å². The fraction of sp³-hybridized carbons (Fsp3) is 0.190. The third-order valence-electron chi connectivity index (χ3n) is 3.73. The molecule has 0 aliphatic heterocycles. The molecule has 0 bridgehead atoms. The Hall–Kier alpha value is -2.65. The van der Waals surface area contributed by atoms with Crippen LogP contribution < -0.4 is 9.30 Å². The van der Waals surface area contributed by atoms with Crippen molar-refractivity contribution in [1.29, 1.82) is 0 Å². The molecule has 0 amide bonds. The van der Waals surface area contributed by atoms with E-state index in [1.165, 1.54) is 0 Å². The predicted molar refractivity (Wildman–Crippen MR) is 94.8 cm³/mol. The van der Waals surface area contributed by atoms with Gasteiger partial charge in [0.1, 0.15) is 19.0 Å². The molecule has 1 aromatic heterocycles. The molecule has 0 unspecified atom stereocenters. The molecule has 2 aromatic carbocycles. The van der Waals surface area contributed by atoms with Crippen LogP contribution in [0.1, 0.15) is 0 Å². The van der Waals surface area contributed by atoms with Gasteiger partial charge in [0.25, 0.3) is 0 Å². The van der Waals surface area contributed by atoms with Crippen molar-refractivity contribution in [3.05, 3.63) is 85.2 Å². The number of ether oxygens (including phenoxy) is 2. The number of aromatic nitrogens is 1. The third-order valence-corrected chi connectivity index (χ3v) is 3.73. The first-order chi connectivity index (χ1) is 11.9. The summed E-state index contributed by atoms with van der Waals surface area (Å²) in [7, 11) is 0. The van der Waals surface area contributed by atoms with Crippen molar-refractivity contribution in [2.75, 3.05) is 19.8 Å². The fourth-order valence-electron chi connectivity index (χ4n) is 2.51. The minimum absolute atomic E-state index is 0.545. The monoisotopic (exact) mass is 320 g/mol. The summed E-state index contributed by atoms with van der Waals surface area (Å²) in [5.41, 5.74) is 2.27. The highest BCUT2D eigenvalue weighted by Gasteiger charge is 2.05. The zero-order valence-electron chi connectivity index (χ0n) is 13.7. The van der Waals surface area contributed by atoms with E-state index in [0.717, 1.165) is 23.4 Å². The van der Waals surface area contributed by atoms with Gasteiger partial charge in [-0.1, -0.05) is 54.6 Å². The van der Waals surface area contributed by atoms with E-state index in [-0.39, 0.29) is 0 Å². The zero-order chi connectivity index (χ0) is 16.5. The van der Waals surface area contributed by atoms with Gasteiger partial charge in [-0.25, -0.2) is 4.57 Å². The zero-order valence-corrected chi connectivity index (χ0v) is 13.7. The average Bonchev–Trinajstić information content (AvgIpc) is 2.66. The number of benzene rings is 2. The molecule has 3 aromatic rings. The Morgan fingerprint density at radius 2 is 1.38 bits per heavy atom. The van der Waals surface area contributed by atoms with Crippen LogP contribution in [0.5, 0.6) is 5.75 Å². The molecule has 0 radical (unpaired) electrons. The summed E-state index contributed by atoms with van der Waals surface area (Å²) < 4.78 is 13.7. The second kappa shape index (κ2) is 8.85. The molecular weight excluding hydrogens is 298 g/mol. The van der Waals surface area contributed by atoms with E-state index in [4.69, 9.17) is 9.47 Å². The van der Waals surface area contributed by atoms with Crippen LogP contribution in [0.2, 0.25) is 0 Å². The maximum absolute atomic E-state index is 5.91. The number of para-hydroxylation sites is 1. The van der Waals surface area contributed by atoms with Crippen molar-refractivity contribution >= 4 is 0 Å². The number of hydrogen-bond acceptors (Lipinski definition) is 2. The molecule has 24 heavy (non-hydrogen) atoms. The summed E-state index contributed by atoms with van der Waals surface area (Å²) in [5.74, 6) is 0.893. The number of rotatable bonds is 8. The standard InChI is InChI=1S/C21H22NO2/c1-3-9-19(10-4-1)20-11-5-6-12-21(20)24-18-17-23-16-15-22-13-7-2-8-14-22/h1-14H,15-18H2/q+1. The molecule has 3 nitrogen and oxygen atoms in total. The maximum Gasteiger partial charge on any atom is 0.171 e. The molecule has 3 heteroatoms. The van der Waals surface area contributed by atoms with Crippen molar-refractivity contribution in [3.63, 3.8) is 0 Å². The second-order valence-electron chi connectivity index (χ2n) is 5.44. The van der Waals surface area contributed by atoms with Crippen LogP contribution in [0.4, 0.5) is 0 Å². The van der Waals surface area contributed by atoms with E-state index < -0.39 is 0 Å². The lowest BCUT2D eigenvalue weighted by molar-refractivity contribution is -0.698. The first kappa shape index (κ1) is 16.2. The van der Waals surface area contributed by atoms with Gasteiger partial charge >= 0.3 is 0 Å². The summed E-state index contributed by atoms with van der Waals surface area (Å²) >= 11 is 0. The molecule has 0 spiro atoms. The van der Waals surface area contributed by atoms with Crippen molar-refractivity contribution in [2.45, 2.75) is 6.54 Å². The quantitative estimate of drug-likeness (QED) is 0.466. The molecule has 3 rings (SSSR count). The van der Waals surface area contributed by atoms with Gasteiger partial charge < -0.3 is 9.47 Å². The molecule has 0 fully saturated rings. The van der Waals surface area contributed by atoms with Crippen molar-refractivity contribution in [1.82, 2.24) is 0 Å². The van der Waals surface area contributed by atoms with Gasteiger partial charge in [-0.05, 0) is 11.6 Å². The minimum Gasteiger partial charge on any atom is -0.491 e. The number of nitrogens with zero attached hydrogens (tertiary/aromatic N) is 1. The van der Waals surface area contributed by atoms with Gasteiger partial charge in [0.15, 0.2) is 18.9 Å². The molecule has 0 atom stereocenters. The van der Waals surface area contributed by atoms with Crippen LogP contribution in [0.25, 0.3) is 11.1 Å². The molecule has 0 saturated heterocycles. The van der Waals surface area contributed by atoms with Gasteiger partial charge in [0.2, 0.25) is 0 Å². The van der Waals surface area contributed by atoms with E-state index in [2.05, 4.69) is 22.8 Å². The summed E-state index contributed by atoms with van der Waals surface area (Å²) in [5, 5.41) is 0. The van der Waals surface area contributed by atoms with Gasteiger partial charge in [0.05, 0.1) is 6.61 Å². The Bertz CT molecular complexity index is 729. The van der Waals surface area contributed by atoms with Gasteiger partial charge in [0, 0.05) is 17.7 Å². The Morgan fingerprint density at radius 3 is 2.21 bits per heavy atom. The SMILES string of the molecule is c1ccc(-c2ccccc2OCCOCC[n+]2ccccc2)cc1. The summed E-state index contributed by atoms with van der Waals surface area (Å²) in [6.07, 6.45) is 4.08. The molecular formula is C21H22NO2+. The molecule has 0 aliphatic carbocycles. The first-order valence-electron chi connectivity index (χ1n) is 8.22. The largest absolute Gasteiger partial charge is 0.491 e. The molecule has 1 heterocycles. The summed E-state index contributed by atoms with van der Waals surface area (Å²) in [6, 6.07) is 24.4. The van der Waals surface area contributed by atoms with E-state index in [9.17, 15) is 0 Å². The number of pyridine rings is 1. The van der Waals surface area contributed by atoms with Crippen LogP contribution in [-0.4, -0.2) is 19.8 Å². The Kier molecular flexibility index (Phi) is 5.98. The Labute approximate surface area is 143 Å². The molecule has 122 valence electrons. The highest BCUT2D eigenvalue weighted by atomic mass is 16.5. The van der Waals surface area contributed by atoms with E-state index >= 15 is 0 Å². The molecule has 0 saturated carbocycles. The third kappa shape index (κ3) is 4.67. The topological polar surface area (TPSA) is 22.3 Å². The lowest BCUT2D eigenvalue weighted by atomic mass is 10.1. The predicted octanol–water partition coefficient (Wildman–Crippen LogP) is 3.74. The van der Waals surface area contributed by atoms with E-state index in [0.29, 0.717) is 19.8 Å². The molecule has 0 N–H and O–H groups in total. The van der Waals surface area contributed by atoms with Crippen molar-refractivity contribution in [2.24, 2.45) is 0 Å². The fourth-order valence-corrected chi connectivity index (χ4v) is 2.51. The Morgan fingerprint density at radius 1 is 0.667 bits per heavy atom. The maximum atomic E-state index is 5.91. The van der Waals surface area contributed by atoms with Crippen LogP contribution >= 0.6 is 0 Å². The summed E-state index contributed by atoms with van der Waals surface area (Å²) in [4.78, 5) is 0. The minimum atomic E-state index is 0.545. The Balaban J connectivity index is 1.46. The van der Waals surface area contributed by atoms with Crippen molar-refractivity contribution in [3.8, 4) is 16.9 Å². The van der Waals surface area contributed by atoms with Gasteiger partial charge in [-0.3, -0.25) is 0 Å². The van der Waals surface area contributed by atoms with E-state index in [1.807, 2.05) is 67.0 Å². The number of hydrogen-bond donors (Lipinski definition) is 0. The smallest absolute Gasteiger partial charge is 0.171 e.